The highest BCUT2D eigenvalue weighted by atomic mass is 15.2. The van der Waals surface area contributed by atoms with Crippen LogP contribution >= 0.6 is 0 Å². The largest absolute Gasteiger partial charge is 0.373 e. The molecule has 4 nitrogen and oxygen atoms in total. The SMILES string of the molecule is CCCc1nc(NC)cc(N2CCC(C)C(C)C2)n1. The Morgan fingerprint density at radius 2 is 2.11 bits per heavy atom. The lowest BCUT2D eigenvalue weighted by molar-refractivity contribution is 0.322. The number of anilines is 2. The van der Waals surface area contributed by atoms with Gasteiger partial charge in [-0.15, -0.1) is 0 Å². The minimum Gasteiger partial charge on any atom is -0.373 e. The van der Waals surface area contributed by atoms with Crippen LogP contribution in [0.25, 0.3) is 0 Å². The van der Waals surface area contributed by atoms with Crippen molar-refractivity contribution in [3.8, 4) is 0 Å². The normalized spacial score (nSPS) is 23.5. The van der Waals surface area contributed by atoms with Crippen molar-refractivity contribution in [2.45, 2.75) is 40.0 Å². The number of aryl methyl sites for hydroxylation is 1. The summed E-state index contributed by atoms with van der Waals surface area (Å²) in [5.74, 6) is 4.52. The summed E-state index contributed by atoms with van der Waals surface area (Å²) in [6.07, 6.45) is 3.28. The second kappa shape index (κ2) is 6.22. The molecule has 0 bridgehead atoms. The molecule has 1 saturated heterocycles. The number of piperidine rings is 1. The lowest BCUT2D eigenvalue weighted by Gasteiger charge is -2.36. The molecular formula is C15H26N4. The molecule has 1 aromatic rings. The highest BCUT2D eigenvalue weighted by molar-refractivity contribution is 5.49. The molecule has 2 rings (SSSR count). The highest BCUT2D eigenvalue weighted by Crippen LogP contribution is 2.27. The lowest BCUT2D eigenvalue weighted by atomic mass is 9.89. The van der Waals surface area contributed by atoms with Crippen LogP contribution in [0.15, 0.2) is 6.07 Å². The number of nitrogens with one attached hydrogen (secondary N) is 1. The molecule has 4 heteroatoms. The molecule has 0 aliphatic carbocycles. The summed E-state index contributed by atoms with van der Waals surface area (Å²) in [4.78, 5) is 11.7. The van der Waals surface area contributed by atoms with Gasteiger partial charge in [0.25, 0.3) is 0 Å². The van der Waals surface area contributed by atoms with E-state index in [1.165, 1.54) is 6.42 Å². The van der Waals surface area contributed by atoms with Gasteiger partial charge in [-0.05, 0) is 24.7 Å². The second-order valence-electron chi connectivity index (χ2n) is 5.72. The molecule has 0 aromatic carbocycles. The predicted molar refractivity (Wildman–Crippen MR) is 80.7 cm³/mol. The number of aromatic nitrogens is 2. The minimum absolute atomic E-state index is 0.733. The Kier molecular flexibility index (Phi) is 4.61. The molecule has 1 N–H and O–H groups in total. The van der Waals surface area contributed by atoms with Crippen LogP contribution in [0.5, 0.6) is 0 Å². The number of hydrogen-bond acceptors (Lipinski definition) is 4. The van der Waals surface area contributed by atoms with E-state index in [4.69, 9.17) is 4.98 Å². The van der Waals surface area contributed by atoms with Crippen molar-refractivity contribution in [1.82, 2.24) is 9.97 Å². The molecule has 2 unspecified atom stereocenters. The van der Waals surface area contributed by atoms with Gasteiger partial charge in [0.2, 0.25) is 0 Å². The Bertz CT molecular complexity index is 419. The first-order valence-corrected chi connectivity index (χ1v) is 7.44. The summed E-state index contributed by atoms with van der Waals surface area (Å²) in [5.41, 5.74) is 0. The molecule has 0 radical (unpaired) electrons. The molecule has 0 spiro atoms. The average Bonchev–Trinajstić information content (AvgIpc) is 2.42. The Hall–Kier alpha value is -1.32. The molecular weight excluding hydrogens is 236 g/mol. The van der Waals surface area contributed by atoms with Crippen LogP contribution in [-0.4, -0.2) is 30.1 Å². The summed E-state index contributed by atoms with van der Waals surface area (Å²) in [6.45, 7) is 9.07. The molecule has 1 aliphatic rings. The Labute approximate surface area is 116 Å². The van der Waals surface area contributed by atoms with Gasteiger partial charge in [0.1, 0.15) is 17.5 Å². The summed E-state index contributed by atoms with van der Waals surface area (Å²) < 4.78 is 0. The molecule has 0 amide bonds. The Balaban J connectivity index is 2.20. The molecule has 2 heterocycles. The third-order valence-electron chi connectivity index (χ3n) is 4.15. The summed E-state index contributed by atoms with van der Waals surface area (Å²) in [5, 5.41) is 3.15. The van der Waals surface area contributed by atoms with Crippen molar-refractivity contribution in [1.29, 1.82) is 0 Å². The molecule has 1 fully saturated rings. The van der Waals surface area contributed by atoms with E-state index in [2.05, 4.69) is 42.0 Å². The van der Waals surface area contributed by atoms with Gasteiger partial charge in [-0.25, -0.2) is 9.97 Å². The van der Waals surface area contributed by atoms with Crippen molar-refractivity contribution in [3.05, 3.63) is 11.9 Å². The van der Waals surface area contributed by atoms with E-state index < -0.39 is 0 Å². The van der Waals surface area contributed by atoms with E-state index in [-0.39, 0.29) is 0 Å². The van der Waals surface area contributed by atoms with E-state index in [1.54, 1.807) is 0 Å². The zero-order valence-corrected chi connectivity index (χ0v) is 12.6. The van der Waals surface area contributed by atoms with E-state index in [0.717, 1.165) is 55.2 Å². The van der Waals surface area contributed by atoms with Crippen molar-refractivity contribution in [2.24, 2.45) is 11.8 Å². The maximum Gasteiger partial charge on any atom is 0.134 e. The smallest absolute Gasteiger partial charge is 0.134 e. The minimum atomic E-state index is 0.733. The van der Waals surface area contributed by atoms with E-state index >= 15 is 0 Å². The fourth-order valence-corrected chi connectivity index (χ4v) is 2.58. The Morgan fingerprint density at radius 1 is 1.32 bits per heavy atom. The lowest BCUT2D eigenvalue weighted by Crippen LogP contribution is -2.39. The molecule has 0 saturated carbocycles. The standard InChI is InChI=1S/C15H26N4/c1-5-6-13-17-14(16-4)9-15(18-13)19-8-7-11(2)12(3)10-19/h9,11-12H,5-8,10H2,1-4H3,(H,16,17,18). The Morgan fingerprint density at radius 3 is 2.74 bits per heavy atom. The van der Waals surface area contributed by atoms with E-state index in [9.17, 15) is 0 Å². The summed E-state index contributed by atoms with van der Waals surface area (Å²) in [6, 6.07) is 2.07. The van der Waals surface area contributed by atoms with Crippen LogP contribution in [0.1, 0.15) is 39.4 Å². The van der Waals surface area contributed by atoms with Gasteiger partial charge < -0.3 is 10.2 Å². The quantitative estimate of drug-likeness (QED) is 0.905. The second-order valence-corrected chi connectivity index (χ2v) is 5.72. The van der Waals surface area contributed by atoms with Crippen molar-refractivity contribution in [2.75, 3.05) is 30.4 Å². The number of hydrogen-bond donors (Lipinski definition) is 1. The van der Waals surface area contributed by atoms with Crippen molar-refractivity contribution in [3.63, 3.8) is 0 Å². The monoisotopic (exact) mass is 262 g/mol. The van der Waals surface area contributed by atoms with Crippen LogP contribution < -0.4 is 10.2 Å². The van der Waals surface area contributed by atoms with Gasteiger partial charge in [-0.3, -0.25) is 0 Å². The third kappa shape index (κ3) is 3.37. The zero-order valence-electron chi connectivity index (χ0n) is 12.6. The number of nitrogens with zero attached hydrogens (tertiary/aromatic N) is 3. The van der Waals surface area contributed by atoms with Gasteiger partial charge in [-0.2, -0.15) is 0 Å². The first-order valence-electron chi connectivity index (χ1n) is 7.44. The van der Waals surface area contributed by atoms with Gasteiger partial charge in [0.15, 0.2) is 0 Å². The average molecular weight is 262 g/mol. The predicted octanol–water partition coefficient (Wildman–Crippen LogP) is 2.95. The fraction of sp³-hybridized carbons (Fsp3) is 0.733. The first-order chi connectivity index (χ1) is 9.13. The third-order valence-corrected chi connectivity index (χ3v) is 4.15. The highest BCUT2D eigenvalue weighted by Gasteiger charge is 2.24. The van der Waals surface area contributed by atoms with E-state index in [0.29, 0.717) is 0 Å². The van der Waals surface area contributed by atoms with Crippen LogP contribution in [0.4, 0.5) is 11.6 Å². The number of rotatable bonds is 4. The summed E-state index contributed by atoms with van der Waals surface area (Å²) >= 11 is 0. The van der Waals surface area contributed by atoms with Crippen LogP contribution in [0, 0.1) is 11.8 Å². The van der Waals surface area contributed by atoms with E-state index in [1.807, 2.05) is 7.05 Å². The van der Waals surface area contributed by atoms with Crippen LogP contribution in [0.3, 0.4) is 0 Å². The maximum atomic E-state index is 4.73. The maximum absolute atomic E-state index is 4.73. The fourth-order valence-electron chi connectivity index (χ4n) is 2.58. The summed E-state index contributed by atoms with van der Waals surface area (Å²) in [7, 11) is 1.92. The van der Waals surface area contributed by atoms with Crippen LogP contribution in [0.2, 0.25) is 0 Å². The molecule has 1 aromatic heterocycles. The molecule has 1 aliphatic heterocycles. The van der Waals surface area contributed by atoms with Crippen molar-refractivity contribution >= 4 is 11.6 Å². The van der Waals surface area contributed by atoms with Crippen LogP contribution in [-0.2, 0) is 6.42 Å². The van der Waals surface area contributed by atoms with Gasteiger partial charge in [0.05, 0.1) is 0 Å². The molecule has 106 valence electrons. The zero-order chi connectivity index (χ0) is 13.8. The van der Waals surface area contributed by atoms with Gasteiger partial charge in [-0.1, -0.05) is 20.8 Å². The first kappa shape index (κ1) is 14.1. The molecule has 19 heavy (non-hydrogen) atoms. The van der Waals surface area contributed by atoms with Gasteiger partial charge in [0, 0.05) is 32.6 Å². The molecule has 2 atom stereocenters. The topological polar surface area (TPSA) is 41.1 Å². The van der Waals surface area contributed by atoms with Crippen molar-refractivity contribution < 1.29 is 0 Å². The van der Waals surface area contributed by atoms with Gasteiger partial charge >= 0.3 is 0 Å².